The summed E-state index contributed by atoms with van der Waals surface area (Å²) in [4.78, 5) is 4.95. The molecule has 1 unspecified atom stereocenters. The van der Waals surface area contributed by atoms with Crippen molar-refractivity contribution in [2.75, 3.05) is 38.1 Å². The van der Waals surface area contributed by atoms with Crippen molar-refractivity contribution in [3.05, 3.63) is 28.8 Å². The monoisotopic (exact) mass is 295 g/mol. The minimum Gasteiger partial charge on any atom is -0.369 e. The fourth-order valence-electron chi connectivity index (χ4n) is 2.72. The molecule has 0 spiro atoms. The molecule has 0 aliphatic carbocycles. The SMILES string of the molecule is CNC(C)c1ccc(N2CCN(C(C)C)CC2)cc1Cl. The van der Waals surface area contributed by atoms with Crippen LogP contribution in [0.15, 0.2) is 18.2 Å². The Labute approximate surface area is 127 Å². The molecule has 0 radical (unpaired) electrons. The number of benzene rings is 1. The molecule has 2 rings (SSSR count). The van der Waals surface area contributed by atoms with Gasteiger partial charge in [0.05, 0.1) is 0 Å². The Morgan fingerprint density at radius 1 is 1.10 bits per heavy atom. The molecular weight excluding hydrogens is 270 g/mol. The summed E-state index contributed by atoms with van der Waals surface area (Å²) < 4.78 is 0. The average Bonchev–Trinajstić information content (AvgIpc) is 2.46. The van der Waals surface area contributed by atoms with Crippen molar-refractivity contribution in [1.29, 1.82) is 0 Å². The normalized spacial score (nSPS) is 18.6. The van der Waals surface area contributed by atoms with Crippen LogP contribution in [-0.2, 0) is 0 Å². The van der Waals surface area contributed by atoms with E-state index in [9.17, 15) is 0 Å². The van der Waals surface area contributed by atoms with E-state index in [2.05, 4.69) is 54.1 Å². The number of nitrogens with one attached hydrogen (secondary N) is 1. The molecule has 0 bridgehead atoms. The number of halogens is 1. The third-order valence-corrected chi connectivity index (χ3v) is 4.62. The minimum atomic E-state index is 0.286. The lowest BCUT2D eigenvalue weighted by atomic mass is 10.1. The topological polar surface area (TPSA) is 18.5 Å². The Hall–Kier alpha value is -0.770. The van der Waals surface area contributed by atoms with Gasteiger partial charge in [0.15, 0.2) is 0 Å². The summed E-state index contributed by atoms with van der Waals surface area (Å²) in [6.07, 6.45) is 0. The quantitative estimate of drug-likeness (QED) is 0.920. The van der Waals surface area contributed by atoms with E-state index in [0.29, 0.717) is 6.04 Å². The molecule has 1 aliphatic heterocycles. The van der Waals surface area contributed by atoms with E-state index in [1.54, 1.807) is 0 Å². The van der Waals surface area contributed by atoms with E-state index in [4.69, 9.17) is 11.6 Å². The smallest absolute Gasteiger partial charge is 0.0474 e. The maximum atomic E-state index is 6.42. The zero-order valence-electron chi connectivity index (χ0n) is 13.0. The van der Waals surface area contributed by atoms with Crippen LogP contribution in [0.25, 0.3) is 0 Å². The van der Waals surface area contributed by atoms with Crippen LogP contribution in [0, 0.1) is 0 Å². The van der Waals surface area contributed by atoms with Crippen LogP contribution in [0.1, 0.15) is 32.4 Å². The van der Waals surface area contributed by atoms with Crippen LogP contribution in [0.4, 0.5) is 5.69 Å². The molecule has 20 heavy (non-hydrogen) atoms. The lowest BCUT2D eigenvalue weighted by Crippen LogP contribution is -2.48. The van der Waals surface area contributed by atoms with Gasteiger partial charge >= 0.3 is 0 Å². The Balaban J connectivity index is 2.06. The fourth-order valence-corrected chi connectivity index (χ4v) is 3.05. The highest BCUT2D eigenvalue weighted by molar-refractivity contribution is 6.31. The summed E-state index contributed by atoms with van der Waals surface area (Å²) in [5, 5.41) is 4.09. The highest BCUT2D eigenvalue weighted by Crippen LogP contribution is 2.28. The lowest BCUT2D eigenvalue weighted by molar-refractivity contribution is 0.209. The molecule has 4 heteroatoms. The van der Waals surface area contributed by atoms with Gasteiger partial charge in [-0.2, -0.15) is 0 Å². The predicted molar refractivity (Wildman–Crippen MR) is 87.8 cm³/mol. The van der Waals surface area contributed by atoms with Crippen LogP contribution in [0.5, 0.6) is 0 Å². The molecule has 0 amide bonds. The van der Waals surface area contributed by atoms with Crippen LogP contribution >= 0.6 is 11.6 Å². The molecule has 0 aromatic heterocycles. The number of rotatable bonds is 4. The van der Waals surface area contributed by atoms with Crippen LogP contribution in [-0.4, -0.2) is 44.2 Å². The zero-order valence-corrected chi connectivity index (χ0v) is 13.7. The molecule has 1 aromatic rings. The van der Waals surface area contributed by atoms with E-state index in [1.165, 1.54) is 11.3 Å². The molecule has 0 saturated carbocycles. The Bertz CT molecular complexity index is 439. The van der Waals surface area contributed by atoms with Crippen LogP contribution in [0.3, 0.4) is 0 Å². The van der Waals surface area contributed by atoms with Crippen molar-refractivity contribution in [2.24, 2.45) is 0 Å². The van der Waals surface area contributed by atoms with Crippen molar-refractivity contribution < 1.29 is 0 Å². The van der Waals surface area contributed by atoms with Gasteiger partial charge in [-0.05, 0) is 45.5 Å². The second-order valence-corrected chi connectivity index (χ2v) is 6.24. The summed E-state index contributed by atoms with van der Waals surface area (Å²) in [6.45, 7) is 11.1. The molecule has 1 saturated heterocycles. The van der Waals surface area contributed by atoms with Gasteiger partial charge in [-0.25, -0.2) is 0 Å². The van der Waals surface area contributed by atoms with E-state index in [1.807, 2.05) is 7.05 Å². The molecular formula is C16H26ClN3. The highest BCUT2D eigenvalue weighted by atomic mass is 35.5. The zero-order chi connectivity index (χ0) is 14.7. The van der Waals surface area contributed by atoms with Crippen molar-refractivity contribution in [1.82, 2.24) is 10.2 Å². The van der Waals surface area contributed by atoms with Crippen LogP contribution < -0.4 is 10.2 Å². The Morgan fingerprint density at radius 2 is 1.75 bits per heavy atom. The summed E-state index contributed by atoms with van der Waals surface area (Å²) in [7, 11) is 1.96. The molecule has 1 aromatic carbocycles. The van der Waals surface area contributed by atoms with Gasteiger partial charge in [0.2, 0.25) is 0 Å². The fraction of sp³-hybridized carbons (Fsp3) is 0.625. The lowest BCUT2D eigenvalue weighted by Gasteiger charge is -2.38. The maximum absolute atomic E-state index is 6.42. The Morgan fingerprint density at radius 3 is 2.25 bits per heavy atom. The van der Waals surface area contributed by atoms with E-state index in [0.717, 1.165) is 31.2 Å². The first kappa shape index (κ1) is 15.6. The summed E-state index contributed by atoms with van der Waals surface area (Å²) >= 11 is 6.42. The molecule has 1 N–H and O–H groups in total. The summed E-state index contributed by atoms with van der Waals surface area (Å²) in [5.74, 6) is 0. The number of nitrogens with zero attached hydrogens (tertiary/aromatic N) is 2. The molecule has 1 aliphatic rings. The first-order chi connectivity index (χ1) is 9.52. The van der Waals surface area contributed by atoms with E-state index < -0.39 is 0 Å². The first-order valence-corrected chi connectivity index (χ1v) is 7.86. The standard InChI is InChI=1S/C16H26ClN3/c1-12(2)19-7-9-20(10-8-19)14-5-6-15(13(3)18-4)16(17)11-14/h5-6,11-13,18H,7-10H2,1-4H3. The Kier molecular flexibility index (Phi) is 5.30. The van der Waals surface area contributed by atoms with Gasteiger partial charge in [0.25, 0.3) is 0 Å². The van der Waals surface area contributed by atoms with E-state index >= 15 is 0 Å². The molecule has 112 valence electrons. The summed E-state index contributed by atoms with van der Waals surface area (Å²) in [6, 6.07) is 7.37. The molecule has 1 heterocycles. The molecule has 1 fully saturated rings. The molecule has 3 nitrogen and oxygen atoms in total. The third-order valence-electron chi connectivity index (χ3n) is 4.29. The third kappa shape index (κ3) is 3.46. The second-order valence-electron chi connectivity index (χ2n) is 5.83. The predicted octanol–water partition coefficient (Wildman–Crippen LogP) is 3.15. The number of anilines is 1. The largest absolute Gasteiger partial charge is 0.369 e. The van der Waals surface area contributed by atoms with Crippen LogP contribution in [0.2, 0.25) is 5.02 Å². The van der Waals surface area contributed by atoms with Crippen molar-refractivity contribution in [3.8, 4) is 0 Å². The highest BCUT2D eigenvalue weighted by Gasteiger charge is 2.19. The minimum absolute atomic E-state index is 0.286. The van der Waals surface area contributed by atoms with Crippen molar-refractivity contribution in [3.63, 3.8) is 0 Å². The van der Waals surface area contributed by atoms with Gasteiger partial charge < -0.3 is 10.2 Å². The van der Waals surface area contributed by atoms with Gasteiger partial charge in [0, 0.05) is 49.0 Å². The number of hydrogen-bond donors (Lipinski definition) is 1. The van der Waals surface area contributed by atoms with Crippen molar-refractivity contribution >= 4 is 17.3 Å². The van der Waals surface area contributed by atoms with E-state index in [-0.39, 0.29) is 6.04 Å². The van der Waals surface area contributed by atoms with Gasteiger partial charge in [-0.3, -0.25) is 4.90 Å². The summed E-state index contributed by atoms with van der Waals surface area (Å²) in [5.41, 5.74) is 2.41. The first-order valence-electron chi connectivity index (χ1n) is 7.48. The number of hydrogen-bond acceptors (Lipinski definition) is 3. The maximum Gasteiger partial charge on any atom is 0.0474 e. The number of piperazine rings is 1. The average molecular weight is 296 g/mol. The molecule has 1 atom stereocenters. The van der Waals surface area contributed by atoms with Gasteiger partial charge in [-0.15, -0.1) is 0 Å². The van der Waals surface area contributed by atoms with Crippen molar-refractivity contribution in [2.45, 2.75) is 32.9 Å². The van der Waals surface area contributed by atoms with Gasteiger partial charge in [-0.1, -0.05) is 17.7 Å². The van der Waals surface area contributed by atoms with Gasteiger partial charge in [0.1, 0.15) is 0 Å². The second kappa shape index (κ2) is 6.79.